The van der Waals surface area contributed by atoms with Gasteiger partial charge in [-0.2, -0.15) is 0 Å². The third kappa shape index (κ3) is 1.73. The Morgan fingerprint density at radius 3 is 2.64 bits per heavy atom. The van der Waals surface area contributed by atoms with Gasteiger partial charge in [0, 0.05) is 5.56 Å². The van der Waals surface area contributed by atoms with E-state index >= 15 is 0 Å². The number of aryl methyl sites for hydroxylation is 2. The van der Waals surface area contributed by atoms with E-state index < -0.39 is 6.09 Å². The Kier molecular flexibility index (Phi) is 1.85. The lowest BCUT2D eigenvalue weighted by molar-refractivity contribution is 0.209. The van der Waals surface area contributed by atoms with Crippen molar-refractivity contribution in [3.05, 3.63) is 17.4 Å². The number of amides is 1. The Bertz CT molecular complexity index is 277. The van der Waals surface area contributed by atoms with Gasteiger partial charge in [-0.1, -0.05) is 0 Å². The van der Waals surface area contributed by atoms with E-state index in [1.165, 1.54) is 0 Å². The SMILES string of the molecule is Cc1cc(C)c(NC(=O)O)o1. The van der Waals surface area contributed by atoms with Gasteiger partial charge in [-0.05, 0) is 19.9 Å². The Balaban J connectivity index is 2.85. The van der Waals surface area contributed by atoms with Gasteiger partial charge < -0.3 is 9.52 Å². The normalized spacial score (nSPS) is 9.64. The van der Waals surface area contributed by atoms with Crippen LogP contribution in [0.4, 0.5) is 10.7 Å². The summed E-state index contributed by atoms with van der Waals surface area (Å²) in [5.41, 5.74) is 0.796. The van der Waals surface area contributed by atoms with E-state index in [2.05, 4.69) is 5.32 Å². The highest BCUT2D eigenvalue weighted by atomic mass is 16.4. The van der Waals surface area contributed by atoms with E-state index in [9.17, 15) is 4.79 Å². The first kappa shape index (κ1) is 7.65. The Labute approximate surface area is 63.8 Å². The van der Waals surface area contributed by atoms with Gasteiger partial charge in [-0.15, -0.1) is 0 Å². The summed E-state index contributed by atoms with van der Waals surface area (Å²) in [5, 5.41) is 10.5. The third-order valence-electron chi connectivity index (χ3n) is 1.26. The standard InChI is InChI=1S/C7H9NO3/c1-4-3-5(2)11-6(4)8-7(9)10/h3,8H,1-2H3,(H,9,10). The van der Waals surface area contributed by atoms with E-state index in [4.69, 9.17) is 9.52 Å². The predicted octanol–water partition coefficient (Wildman–Crippen LogP) is 1.99. The molecule has 0 bridgehead atoms. The smallest absolute Gasteiger partial charge is 0.411 e. The molecule has 0 saturated carbocycles. The van der Waals surface area contributed by atoms with Gasteiger partial charge >= 0.3 is 6.09 Å². The fraction of sp³-hybridized carbons (Fsp3) is 0.286. The topological polar surface area (TPSA) is 62.5 Å². The van der Waals surface area contributed by atoms with Crippen LogP contribution in [0, 0.1) is 13.8 Å². The summed E-state index contributed by atoms with van der Waals surface area (Å²) in [6.07, 6.45) is -1.11. The van der Waals surface area contributed by atoms with Crippen LogP contribution in [0.5, 0.6) is 0 Å². The molecule has 0 atom stereocenters. The van der Waals surface area contributed by atoms with Crippen molar-refractivity contribution in [1.82, 2.24) is 0 Å². The van der Waals surface area contributed by atoms with Crippen LogP contribution in [0.2, 0.25) is 0 Å². The zero-order valence-electron chi connectivity index (χ0n) is 6.34. The van der Waals surface area contributed by atoms with Crippen LogP contribution in [0.1, 0.15) is 11.3 Å². The van der Waals surface area contributed by atoms with E-state index in [1.54, 1.807) is 19.9 Å². The van der Waals surface area contributed by atoms with Gasteiger partial charge in [-0.3, -0.25) is 5.32 Å². The molecule has 4 heteroatoms. The molecule has 0 unspecified atom stereocenters. The summed E-state index contributed by atoms with van der Waals surface area (Å²) >= 11 is 0. The van der Waals surface area contributed by atoms with Gasteiger partial charge in [0.15, 0.2) is 0 Å². The van der Waals surface area contributed by atoms with E-state index in [0.29, 0.717) is 11.6 Å². The van der Waals surface area contributed by atoms with Crippen LogP contribution in [-0.4, -0.2) is 11.2 Å². The number of carboxylic acid groups (broad SMARTS) is 1. The molecule has 60 valence electrons. The fourth-order valence-electron chi connectivity index (χ4n) is 0.863. The summed E-state index contributed by atoms with van der Waals surface area (Å²) < 4.78 is 5.03. The molecule has 0 aliphatic heterocycles. The highest BCUT2D eigenvalue weighted by Crippen LogP contribution is 2.18. The number of hydrogen-bond acceptors (Lipinski definition) is 2. The lowest BCUT2D eigenvalue weighted by Gasteiger charge is -1.94. The fourth-order valence-corrected chi connectivity index (χ4v) is 0.863. The van der Waals surface area contributed by atoms with Crippen molar-refractivity contribution >= 4 is 12.0 Å². The number of nitrogens with one attached hydrogen (secondary N) is 1. The molecule has 0 aliphatic carbocycles. The molecule has 1 aromatic heterocycles. The monoisotopic (exact) mass is 155 g/mol. The van der Waals surface area contributed by atoms with E-state index in [-0.39, 0.29) is 0 Å². The van der Waals surface area contributed by atoms with Gasteiger partial charge in [0.05, 0.1) is 0 Å². The largest absolute Gasteiger partial charge is 0.465 e. The number of carbonyl (C=O) groups is 1. The van der Waals surface area contributed by atoms with Crippen molar-refractivity contribution in [1.29, 1.82) is 0 Å². The first-order chi connectivity index (χ1) is 5.09. The lowest BCUT2D eigenvalue weighted by atomic mass is 10.3. The zero-order valence-corrected chi connectivity index (χ0v) is 6.34. The van der Waals surface area contributed by atoms with Crippen molar-refractivity contribution in [2.75, 3.05) is 5.32 Å². The molecule has 0 fully saturated rings. The third-order valence-corrected chi connectivity index (χ3v) is 1.26. The minimum absolute atomic E-state index is 0.301. The summed E-state index contributed by atoms with van der Waals surface area (Å²) in [5.74, 6) is 1.00. The van der Waals surface area contributed by atoms with Crippen LogP contribution in [0.25, 0.3) is 0 Å². The highest BCUT2D eigenvalue weighted by molar-refractivity contribution is 5.81. The molecule has 4 nitrogen and oxygen atoms in total. The number of furan rings is 1. The number of anilines is 1. The zero-order chi connectivity index (χ0) is 8.43. The quantitative estimate of drug-likeness (QED) is 0.651. The molecule has 0 aliphatic rings. The molecular formula is C7H9NO3. The van der Waals surface area contributed by atoms with Crippen LogP contribution in [0.3, 0.4) is 0 Å². The molecule has 0 radical (unpaired) electrons. The van der Waals surface area contributed by atoms with Gasteiger partial charge in [0.1, 0.15) is 5.76 Å². The molecule has 2 N–H and O–H groups in total. The second-order valence-electron chi connectivity index (χ2n) is 2.30. The minimum Gasteiger partial charge on any atom is -0.465 e. The van der Waals surface area contributed by atoms with Crippen LogP contribution in [-0.2, 0) is 0 Å². The van der Waals surface area contributed by atoms with E-state index in [1.807, 2.05) is 0 Å². The lowest BCUT2D eigenvalue weighted by Crippen LogP contribution is -2.06. The van der Waals surface area contributed by atoms with Gasteiger partial charge in [0.25, 0.3) is 0 Å². The second kappa shape index (κ2) is 2.65. The summed E-state index contributed by atoms with van der Waals surface area (Å²) in [6.45, 7) is 3.54. The van der Waals surface area contributed by atoms with Crippen molar-refractivity contribution in [3.63, 3.8) is 0 Å². The molecule has 0 aromatic carbocycles. The maximum Gasteiger partial charge on any atom is 0.411 e. The molecule has 1 amide bonds. The molecule has 1 aromatic rings. The first-order valence-electron chi connectivity index (χ1n) is 3.16. The summed E-state index contributed by atoms with van der Waals surface area (Å²) in [4.78, 5) is 10.2. The van der Waals surface area contributed by atoms with Crippen LogP contribution in [0.15, 0.2) is 10.5 Å². The average Bonchev–Trinajstić information content (AvgIpc) is 2.09. The van der Waals surface area contributed by atoms with Crippen molar-refractivity contribution < 1.29 is 14.3 Å². The van der Waals surface area contributed by atoms with Gasteiger partial charge in [0.2, 0.25) is 5.88 Å². The summed E-state index contributed by atoms with van der Waals surface area (Å²) in [6, 6.07) is 1.77. The maximum atomic E-state index is 10.2. The van der Waals surface area contributed by atoms with Gasteiger partial charge in [-0.25, -0.2) is 4.79 Å². The summed E-state index contributed by atoms with van der Waals surface area (Å²) in [7, 11) is 0. The molecule has 11 heavy (non-hydrogen) atoms. The van der Waals surface area contributed by atoms with Crippen molar-refractivity contribution in [3.8, 4) is 0 Å². The second-order valence-corrected chi connectivity index (χ2v) is 2.30. The number of hydrogen-bond donors (Lipinski definition) is 2. The highest BCUT2D eigenvalue weighted by Gasteiger charge is 2.06. The van der Waals surface area contributed by atoms with E-state index in [0.717, 1.165) is 5.56 Å². The molecule has 1 rings (SSSR count). The average molecular weight is 155 g/mol. The molecular weight excluding hydrogens is 146 g/mol. The Morgan fingerprint density at radius 1 is 1.64 bits per heavy atom. The minimum atomic E-state index is -1.11. The van der Waals surface area contributed by atoms with Crippen molar-refractivity contribution in [2.45, 2.75) is 13.8 Å². The first-order valence-corrected chi connectivity index (χ1v) is 3.16. The van der Waals surface area contributed by atoms with Crippen LogP contribution >= 0.6 is 0 Å². The van der Waals surface area contributed by atoms with Crippen molar-refractivity contribution in [2.24, 2.45) is 0 Å². The predicted molar refractivity (Wildman–Crippen MR) is 39.8 cm³/mol. The maximum absolute atomic E-state index is 10.2. The Hall–Kier alpha value is -1.45. The number of rotatable bonds is 1. The van der Waals surface area contributed by atoms with Crippen LogP contribution < -0.4 is 5.32 Å². The molecule has 1 heterocycles. The Morgan fingerprint density at radius 2 is 2.27 bits per heavy atom. The molecule has 0 spiro atoms. The molecule has 0 saturated heterocycles.